The van der Waals surface area contributed by atoms with Crippen molar-refractivity contribution in [2.24, 2.45) is 5.73 Å². The van der Waals surface area contributed by atoms with Gasteiger partial charge in [0.2, 0.25) is 5.91 Å². The summed E-state index contributed by atoms with van der Waals surface area (Å²) in [6.45, 7) is 3.82. The summed E-state index contributed by atoms with van der Waals surface area (Å²) >= 11 is 3.08. The average molecular weight is 600 g/mol. The normalized spacial score (nSPS) is 14.4. The molecule has 0 radical (unpaired) electrons. The molecule has 0 bridgehead atoms. The number of rotatable bonds is 9. The lowest BCUT2D eigenvalue weighted by atomic mass is 10.1. The molecule has 1 heterocycles. The minimum Gasteiger partial charge on any atom is -0.489 e. The van der Waals surface area contributed by atoms with Gasteiger partial charge in [0.05, 0.1) is 16.7 Å². The van der Waals surface area contributed by atoms with E-state index in [1.54, 1.807) is 0 Å². The van der Waals surface area contributed by atoms with E-state index in [1.807, 2.05) is 0 Å². The molecule has 2 rings (SSSR count). The number of nitrogens with two attached hydrogens (primary N) is 1. The number of halogens is 6. The average Bonchev–Trinajstić information content (AvgIpc) is 2.98. The van der Waals surface area contributed by atoms with Crippen LogP contribution in [0.5, 0.6) is 5.75 Å². The van der Waals surface area contributed by atoms with E-state index in [-0.39, 0.29) is 32.7 Å². The number of amides is 1. The fraction of sp³-hybridized carbons (Fsp3) is 0.500. The molecule has 0 fully saturated rings. The Morgan fingerprint density at radius 1 is 1.21 bits per heavy atom. The lowest BCUT2D eigenvalue weighted by Gasteiger charge is -2.24. The Morgan fingerprint density at radius 2 is 1.79 bits per heavy atom. The van der Waals surface area contributed by atoms with Crippen LogP contribution in [0, 0.1) is 0 Å². The van der Waals surface area contributed by atoms with Gasteiger partial charge in [0.15, 0.2) is 0 Å². The second-order valence-electron chi connectivity index (χ2n) is 8.09. The van der Waals surface area contributed by atoms with Crippen LogP contribution in [0.3, 0.4) is 0 Å². The zero-order valence-electron chi connectivity index (χ0n) is 17.8. The molecule has 2 aromatic rings. The van der Waals surface area contributed by atoms with Crippen molar-refractivity contribution in [3.63, 3.8) is 0 Å². The van der Waals surface area contributed by atoms with Gasteiger partial charge >= 0.3 is 19.4 Å². The number of fused-ring (bicyclic) bond motifs is 1. The van der Waals surface area contributed by atoms with E-state index in [1.165, 1.54) is 20.8 Å². The van der Waals surface area contributed by atoms with Crippen LogP contribution in [0.25, 0.3) is 10.1 Å². The molecular weight excluding hydrogens is 580 g/mol. The maximum Gasteiger partial charge on any atom is 0.400 e. The van der Waals surface area contributed by atoms with Gasteiger partial charge in [-0.1, -0.05) is 0 Å². The summed E-state index contributed by atoms with van der Waals surface area (Å²) in [5, 5.41) is -0.112. The molecule has 0 saturated carbocycles. The first-order chi connectivity index (χ1) is 15.2. The van der Waals surface area contributed by atoms with Crippen molar-refractivity contribution in [3.8, 4) is 5.75 Å². The molecule has 0 spiro atoms. The molecular formula is C18H20BrF5NO7PS. The molecule has 192 valence electrons. The van der Waals surface area contributed by atoms with Gasteiger partial charge in [-0.25, -0.2) is 9.78 Å². The fourth-order valence-electron chi connectivity index (χ4n) is 2.49. The molecule has 16 heteroatoms. The highest BCUT2D eigenvalue weighted by atomic mass is 79.9. The molecule has 1 atom stereocenters. The lowest BCUT2D eigenvalue weighted by molar-refractivity contribution is -0.383. The van der Waals surface area contributed by atoms with Crippen molar-refractivity contribution in [2.45, 2.75) is 50.7 Å². The molecule has 8 nitrogen and oxygen atoms in total. The van der Waals surface area contributed by atoms with Gasteiger partial charge in [0.1, 0.15) is 23.3 Å². The minimum atomic E-state index is -5.95. The van der Waals surface area contributed by atoms with Crippen molar-refractivity contribution in [3.05, 3.63) is 27.0 Å². The van der Waals surface area contributed by atoms with Crippen molar-refractivity contribution in [1.82, 2.24) is 0 Å². The Bertz CT molecular complexity index is 1110. The Morgan fingerprint density at radius 3 is 2.26 bits per heavy atom. The second kappa shape index (κ2) is 9.96. The van der Waals surface area contributed by atoms with Crippen LogP contribution in [0.1, 0.15) is 42.4 Å². The van der Waals surface area contributed by atoms with Gasteiger partial charge in [0.25, 0.3) is 0 Å². The number of hydrogen-bond acceptors (Lipinski definition) is 6. The Balaban J connectivity index is 2.52. The maximum atomic E-state index is 14.4. The predicted octanol–water partition coefficient (Wildman–Crippen LogP) is 5.44. The van der Waals surface area contributed by atoms with Crippen LogP contribution in [0.2, 0.25) is 0 Å². The molecule has 1 amide bonds. The molecule has 1 unspecified atom stereocenters. The van der Waals surface area contributed by atoms with Crippen molar-refractivity contribution in [1.29, 1.82) is 0 Å². The Kier molecular flexibility index (Phi) is 8.46. The summed E-state index contributed by atoms with van der Waals surface area (Å²) in [5.74, 6) is -1.33. The van der Waals surface area contributed by atoms with Gasteiger partial charge in [-0.05, 0) is 48.8 Å². The molecule has 0 saturated heterocycles. The minimum absolute atomic E-state index is 0.112. The van der Waals surface area contributed by atoms with E-state index in [0.717, 1.165) is 12.1 Å². The van der Waals surface area contributed by atoms with E-state index in [2.05, 4.69) is 15.9 Å². The highest BCUT2D eigenvalue weighted by Gasteiger charge is 2.53. The van der Waals surface area contributed by atoms with Crippen LogP contribution < -0.4 is 10.5 Å². The van der Waals surface area contributed by atoms with E-state index < -0.39 is 59.4 Å². The van der Waals surface area contributed by atoms with Crippen LogP contribution in [0.15, 0.2) is 16.6 Å². The highest BCUT2D eigenvalue weighted by Crippen LogP contribution is 2.63. The summed E-state index contributed by atoms with van der Waals surface area (Å²) in [7, 11) is -5.95. The quantitative estimate of drug-likeness (QED) is 0.152. The SMILES string of the molecule is CC(C)(C)OOC(COc1cc(C(N)=O)cc2c(Br)c(C(F)(F)P(=O)(O)O)sc12)CC(F)(F)F. The zero-order valence-corrected chi connectivity index (χ0v) is 21.1. The number of thiophene rings is 1. The van der Waals surface area contributed by atoms with Gasteiger partial charge in [-0.15, -0.1) is 11.3 Å². The highest BCUT2D eigenvalue weighted by molar-refractivity contribution is 9.10. The first-order valence-corrected chi connectivity index (χ1v) is 12.5. The summed E-state index contributed by atoms with van der Waals surface area (Å²) in [5.41, 5.74) is -0.545. The van der Waals surface area contributed by atoms with Crippen molar-refractivity contribution < 1.29 is 55.6 Å². The van der Waals surface area contributed by atoms with Gasteiger partial charge < -0.3 is 20.3 Å². The number of hydrogen-bond donors (Lipinski definition) is 3. The molecule has 0 aliphatic heterocycles. The maximum absolute atomic E-state index is 14.4. The number of primary amides is 1. The zero-order chi connectivity index (χ0) is 26.3. The molecule has 34 heavy (non-hydrogen) atoms. The molecule has 0 aliphatic carbocycles. The van der Waals surface area contributed by atoms with E-state index in [4.69, 9.17) is 30.0 Å². The molecule has 4 N–H and O–H groups in total. The Labute approximate surface area is 202 Å². The molecule has 0 aliphatic rings. The van der Waals surface area contributed by atoms with E-state index >= 15 is 0 Å². The largest absolute Gasteiger partial charge is 0.489 e. The third-order valence-corrected chi connectivity index (χ3v) is 7.42. The van der Waals surface area contributed by atoms with Crippen LogP contribution >= 0.6 is 34.9 Å². The monoisotopic (exact) mass is 599 g/mol. The van der Waals surface area contributed by atoms with Crippen molar-refractivity contribution in [2.75, 3.05) is 6.61 Å². The molecule has 1 aromatic heterocycles. The van der Waals surface area contributed by atoms with Crippen LogP contribution in [0.4, 0.5) is 22.0 Å². The predicted molar refractivity (Wildman–Crippen MR) is 116 cm³/mol. The number of carbonyl (C=O) groups excluding carboxylic acids is 1. The van der Waals surface area contributed by atoms with Crippen LogP contribution in [-0.4, -0.2) is 40.2 Å². The Hall–Kier alpha value is -1.35. The summed E-state index contributed by atoms with van der Waals surface area (Å²) in [6, 6.07) is 2.10. The van der Waals surface area contributed by atoms with E-state index in [0.29, 0.717) is 0 Å². The standard InChI is InChI=1S/C18H20BrF5NO7PS/c1-16(2,3)32-31-9(6-17(20,21)22)7-30-11-5-8(15(25)26)4-10-12(19)14(34-13(10)11)18(23,24)33(27,28)29/h4-5,9H,6-7H2,1-3H3,(H2,25,26)(H2,27,28,29). The van der Waals surface area contributed by atoms with Crippen molar-refractivity contribution >= 4 is 50.9 Å². The summed E-state index contributed by atoms with van der Waals surface area (Å²) in [6.07, 6.45) is -7.81. The number of alkyl halides is 5. The number of ether oxygens (including phenoxy) is 1. The summed E-state index contributed by atoms with van der Waals surface area (Å²) in [4.78, 5) is 38.6. The first-order valence-electron chi connectivity index (χ1n) is 9.27. The molecule has 1 aromatic carbocycles. The summed E-state index contributed by atoms with van der Waals surface area (Å²) < 4.78 is 83.8. The first kappa shape index (κ1) is 28.9. The topological polar surface area (TPSA) is 128 Å². The fourth-order valence-corrected chi connectivity index (χ4v) is 5.46. The second-order valence-corrected chi connectivity index (χ2v) is 11.6. The number of carbonyl (C=O) groups is 1. The van der Waals surface area contributed by atoms with Crippen LogP contribution in [-0.2, 0) is 20.0 Å². The third kappa shape index (κ3) is 7.09. The number of benzene rings is 1. The lowest BCUT2D eigenvalue weighted by Crippen LogP contribution is -2.32. The smallest absolute Gasteiger partial charge is 0.400 e. The van der Waals surface area contributed by atoms with Gasteiger partial charge in [-0.2, -0.15) is 22.0 Å². The van der Waals surface area contributed by atoms with Gasteiger partial charge in [-0.3, -0.25) is 9.36 Å². The third-order valence-electron chi connectivity index (χ3n) is 3.94. The van der Waals surface area contributed by atoms with E-state index in [9.17, 15) is 31.3 Å². The van der Waals surface area contributed by atoms with Gasteiger partial charge in [0, 0.05) is 15.4 Å².